The van der Waals surface area contributed by atoms with Crippen LogP contribution in [-0.4, -0.2) is 52.6 Å². The van der Waals surface area contributed by atoms with Crippen molar-refractivity contribution in [3.63, 3.8) is 0 Å². The minimum atomic E-state index is -0.497. The average Bonchev–Trinajstić information content (AvgIpc) is 3.64. The summed E-state index contributed by atoms with van der Waals surface area (Å²) in [6.07, 6.45) is 3.42. The number of likely N-dealkylation sites (tertiary alicyclic amines) is 1. The highest BCUT2D eigenvalue weighted by molar-refractivity contribution is 5.95. The van der Waals surface area contributed by atoms with E-state index in [1.54, 1.807) is 4.90 Å². The first-order valence-corrected chi connectivity index (χ1v) is 12.0. The fourth-order valence-electron chi connectivity index (χ4n) is 4.42. The average molecular weight is 450 g/mol. The molecule has 2 aromatic carbocycles. The van der Waals surface area contributed by atoms with Crippen LogP contribution in [0.4, 0.5) is 4.79 Å². The van der Waals surface area contributed by atoms with Crippen LogP contribution in [0.15, 0.2) is 48.5 Å². The number of nitrogens with zero attached hydrogens (tertiary/aromatic N) is 2. The molecule has 2 amide bonds. The molecule has 0 spiro atoms. The Kier molecular flexibility index (Phi) is 6.75. The Balaban J connectivity index is 1.41. The van der Waals surface area contributed by atoms with E-state index in [1.807, 2.05) is 57.2 Å². The quantitative estimate of drug-likeness (QED) is 0.710. The van der Waals surface area contributed by atoms with Crippen LogP contribution in [0, 0.1) is 0 Å². The van der Waals surface area contributed by atoms with Crippen LogP contribution < -0.4 is 5.73 Å². The van der Waals surface area contributed by atoms with Crippen molar-refractivity contribution >= 4 is 12.0 Å². The fraction of sp³-hybridized carbons (Fsp3) is 0.481. The lowest BCUT2D eigenvalue weighted by molar-refractivity contribution is 0.0142. The third kappa shape index (κ3) is 5.74. The van der Waals surface area contributed by atoms with Crippen molar-refractivity contribution in [2.45, 2.75) is 70.7 Å². The van der Waals surface area contributed by atoms with Gasteiger partial charge in [-0.25, -0.2) is 4.79 Å². The maximum atomic E-state index is 13.5. The maximum absolute atomic E-state index is 13.5. The van der Waals surface area contributed by atoms with Gasteiger partial charge in [-0.1, -0.05) is 36.4 Å². The van der Waals surface area contributed by atoms with Gasteiger partial charge in [0.25, 0.3) is 5.91 Å². The SMILES string of the molecule is CC(C)(C)OC(=O)N1CCC(N(C(=O)c2ccc(-c3ccc(CN)cc3)cc2)C2CC2)CC1. The molecule has 176 valence electrons. The van der Waals surface area contributed by atoms with Gasteiger partial charge in [0.1, 0.15) is 5.60 Å². The Morgan fingerprint density at radius 3 is 1.91 bits per heavy atom. The highest BCUT2D eigenvalue weighted by Gasteiger charge is 2.39. The Labute approximate surface area is 196 Å². The number of piperidine rings is 1. The van der Waals surface area contributed by atoms with Crippen LogP contribution in [0.25, 0.3) is 11.1 Å². The second kappa shape index (κ2) is 9.56. The number of nitrogens with two attached hydrogens (primary N) is 1. The molecule has 6 heteroatoms. The third-order valence-corrected chi connectivity index (χ3v) is 6.34. The largest absolute Gasteiger partial charge is 0.444 e. The first kappa shape index (κ1) is 23.3. The second-order valence-corrected chi connectivity index (χ2v) is 10.1. The van der Waals surface area contributed by atoms with E-state index in [2.05, 4.69) is 17.0 Å². The molecule has 2 N–H and O–H groups in total. The van der Waals surface area contributed by atoms with Crippen molar-refractivity contribution in [1.82, 2.24) is 9.80 Å². The number of hydrogen-bond acceptors (Lipinski definition) is 4. The van der Waals surface area contributed by atoms with Crippen molar-refractivity contribution in [2.24, 2.45) is 5.73 Å². The number of hydrogen-bond donors (Lipinski definition) is 1. The Hall–Kier alpha value is -2.86. The molecule has 4 rings (SSSR count). The summed E-state index contributed by atoms with van der Waals surface area (Å²) in [6, 6.07) is 16.6. The van der Waals surface area contributed by atoms with Crippen molar-refractivity contribution in [3.05, 3.63) is 59.7 Å². The zero-order chi connectivity index (χ0) is 23.6. The molecule has 2 aliphatic rings. The molecule has 0 aromatic heterocycles. The Morgan fingerprint density at radius 2 is 1.42 bits per heavy atom. The molecule has 2 fully saturated rings. The van der Waals surface area contributed by atoms with Gasteiger partial charge in [-0.2, -0.15) is 0 Å². The van der Waals surface area contributed by atoms with Crippen LogP contribution in [0.1, 0.15) is 62.4 Å². The van der Waals surface area contributed by atoms with Crippen molar-refractivity contribution < 1.29 is 14.3 Å². The number of carbonyl (C=O) groups excluding carboxylic acids is 2. The fourth-order valence-corrected chi connectivity index (χ4v) is 4.42. The van der Waals surface area contributed by atoms with E-state index >= 15 is 0 Å². The van der Waals surface area contributed by atoms with Gasteiger partial charge in [-0.15, -0.1) is 0 Å². The van der Waals surface area contributed by atoms with Gasteiger partial charge in [0.2, 0.25) is 0 Å². The molecule has 2 aromatic rings. The molecule has 33 heavy (non-hydrogen) atoms. The molecule has 6 nitrogen and oxygen atoms in total. The number of carbonyl (C=O) groups is 2. The predicted octanol–water partition coefficient (Wildman–Crippen LogP) is 4.82. The van der Waals surface area contributed by atoms with E-state index in [-0.39, 0.29) is 18.0 Å². The molecule has 1 aliphatic carbocycles. The lowest BCUT2D eigenvalue weighted by Gasteiger charge is -2.39. The van der Waals surface area contributed by atoms with E-state index in [1.165, 1.54) is 0 Å². The van der Waals surface area contributed by atoms with Gasteiger partial charge in [-0.05, 0) is 75.3 Å². The van der Waals surface area contributed by atoms with Gasteiger partial charge in [0.15, 0.2) is 0 Å². The molecule has 0 unspecified atom stereocenters. The number of ether oxygens (including phenoxy) is 1. The zero-order valence-electron chi connectivity index (χ0n) is 19.9. The Morgan fingerprint density at radius 1 is 0.909 bits per heavy atom. The maximum Gasteiger partial charge on any atom is 0.410 e. The van der Waals surface area contributed by atoms with Crippen molar-refractivity contribution in [2.75, 3.05) is 13.1 Å². The predicted molar refractivity (Wildman–Crippen MR) is 130 cm³/mol. The first-order chi connectivity index (χ1) is 15.7. The number of benzene rings is 2. The minimum Gasteiger partial charge on any atom is -0.444 e. The van der Waals surface area contributed by atoms with Crippen LogP contribution in [0.3, 0.4) is 0 Å². The molecular weight excluding hydrogens is 414 g/mol. The highest BCUT2D eigenvalue weighted by Crippen LogP contribution is 2.34. The third-order valence-electron chi connectivity index (χ3n) is 6.34. The van der Waals surface area contributed by atoms with E-state index in [9.17, 15) is 9.59 Å². The summed E-state index contributed by atoms with van der Waals surface area (Å²) < 4.78 is 5.51. The summed E-state index contributed by atoms with van der Waals surface area (Å²) in [5.41, 5.74) is 9.21. The molecule has 0 bridgehead atoms. The lowest BCUT2D eigenvalue weighted by Crippen LogP contribution is -2.50. The topological polar surface area (TPSA) is 75.9 Å². The van der Waals surface area contributed by atoms with Gasteiger partial charge in [0.05, 0.1) is 0 Å². The lowest BCUT2D eigenvalue weighted by atomic mass is 10.00. The Bertz CT molecular complexity index is 967. The summed E-state index contributed by atoms with van der Waals surface area (Å²) in [7, 11) is 0. The van der Waals surface area contributed by atoms with Gasteiger partial charge in [-0.3, -0.25) is 4.79 Å². The van der Waals surface area contributed by atoms with E-state index in [0.29, 0.717) is 25.7 Å². The number of rotatable bonds is 5. The summed E-state index contributed by atoms with van der Waals surface area (Å²) >= 11 is 0. The molecule has 0 atom stereocenters. The van der Waals surface area contributed by atoms with E-state index in [4.69, 9.17) is 10.5 Å². The molecule has 1 aliphatic heterocycles. The normalized spacial score (nSPS) is 17.0. The molecular formula is C27H35N3O3. The highest BCUT2D eigenvalue weighted by atomic mass is 16.6. The molecule has 1 saturated carbocycles. The standard InChI is InChI=1S/C27H35N3O3/c1-27(2,3)33-26(32)29-16-14-24(15-17-29)30(23-12-13-23)25(31)22-10-8-21(9-11-22)20-6-4-19(18-28)5-7-20/h4-11,23-24H,12-18,28H2,1-3H3. The van der Waals surface area contributed by atoms with Crippen LogP contribution in [-0.2, 0) is 11.3 Å². The second-order valence-electron chi connectivity index (χ2n) is 10.1. The number of amides is 2. The summed E-state index contributed by atoms with van der Waals surface area (Å²) in [4.78, 5) is 29.7. The molecule has 1 heterocycles. The summed E-state index contributed by atoms with van der Waals surface area (Å²) in [5.74, 6) is 0.0956. The van der Waals surface area contributed by atoms with Crippen molar-refractivity contribution in [1.29, 1.82) is 0 Å². The smallest absolute Gasteiger partial charge is 0.410 e. The van der Waals surface area contributed by atoms with E-state index < -0.39 is 5.60 Å². The van der Waals surface area contributed by atoms with Gasteiger partial charge >= 0.3 is 6.09 Å². The van der Waals surface area contributed by atoms with E-state index in [0.717, 1.165) is 47.9 Å². The summed E-state index contributed by atoms with van der Waals surface area (Å²) in [5, 5.41) is 0. The zero-order valence-corrected chi connectivity index (χ0v) is 19.9. The van der Waals surface area contributed by atoms with Gasteiger partial charge in [0, 0.05) is 37.3 Å². The summed E-state index contributed by atoms with van der Waals surface area (Å²) in [6.45, 7) is 7.41. The molecule has 0 radical (unpaired) electrons. The van der Waals surface area contributed by atoms with Crippen LogP contribution in [0.5, 0.6) is 0 Å². The van der Waals surface area contributed by atoms with Gasteiger partial charge < -0.3 is 20.3 Å². The van der Waals surface area contributed by atoms with Crippen LogP contribution in [0.2, 0.25) is 0 Å². The van der Waals surface area contributed by atoms with Crippen molar-refractivity contribution in [3.8, 4) is 11.1 Å². The molecule has 1 saturated heterocycles. The minimum absolute atomic E-state index is 0.0956. The monoisotopic (exact) mass is 449 g/mol. The first-order valence-electron chi connectivity index (χ1n) is 12.0. The van der Waals surface area contributed by atoms with Crippen LogP contribution >= 0.6 is 0 Å².